The van der Waals surface area contributed by atoms with Crippen molar-refractivity contribution in [3.05, 3.63) is 39.8 Å². The summed E-state index contributed by atoms with van der Waals surface area (Å²) in [6.07, 6.45) is 0.658. The number of esters is 1. The number of benzene rings is 1. The SMILES string of the molecule is CCOC(=O)c1c(NC(=O)COc2ccc(C#N)cc2OC)sc(C)c1CC. The average molecular weight is 402 g/mol. The maximum Gasteiger partial charge on any atom is 0.341 e. The molecule has 0 aliphatic heterocycles. The van der Waals surface area contributed by atoms with Crippen LogP contribution < -0.4 is 14.8 Å². The number of rotatable bonds is 8. The Hall–Kier alpha value is -3.05. The van der Waals surface area contributed by atoms with Crippen molar-refractivity contribution in [1.29, 1.82) is 5.26 Å². The fourth-order valence-corrected chi connectivity index (χ4v) is 3.82. The first-order chi connectivity index (χ1) is 13.4. The highest BCUT2D eigenvalue weighted by atomic mass is 32.1. The third kappa shape index (κ3) is 4.81. The Morgan fingerprint density at radius 2 is 2.00 bits per heavy atom. The van der Waals surface area contributed by atoms with E-state index in [1.165, 1.54) is 24.5 Å². The standard InChI is InChI=1S/C20H22N2O5S/c1-5-14-12(3)28-19(18(14)20(24)26-6-2)22-17(23)11-27-15-8-7-13(10-21)9-16(15)25-4/h7-9H,5-6,11H2,1-4H3,(H,22,23). The molecule has 0 saturated heterocycles. The van der Waals surface area contributed by atoms with Crippen LogP contribution in [-0.4, -0.2) is 32.2 Å². The van der Waals surface area contributed by atoms with Crippen LogP contribution in [0.15, 0.2) is 18.2 Å². The van der Waals surface area contributed by atoms with Gasteiger partial charge in [0, 0.05) is 10.9 Å². The van der Waals surface area contributed by atoms with E-state index in [-0.39, 0.29) is 13.2 Å². The fraction of sp³-hybridized carbons (Fsp3) is 0.350. The molecule has 0 fully saturated rings. The molecule has 0 radical (unpaired) electrons. The Balaban J connectivity index is 2.14. The first-order valence-electron chi connectivity index (χ1n) is 8.75. The van der Waals surface area contributed by atoms with E-state index in [1.807, 2.05) is 19.9 Å². The largest absolute Gasteiger partial charge is 0.493 e. The molecule has 0 aliphatic rings. The van der Waals surface area contributed by atoms with Gasteiger partial charge in [-0.15, -0.1) is 11.3 Å². The number of aryl methyl sites for hydroxylation is 1. The van der Waals surface area contributed by atoms with Gasteiger partial charge in [0.05, 0.1) is 30.9 Å². The summed E-state index contributed by atoms with van der Waals surface area (Å²) in [5, 5.41) is 12.1. The molecule has 1 N–H and O–H groups in total. The van der Waals surface area contributed by atoms with Crippen molar-refractivity contribution in [2.75, 3.05) is 25.6 Å². The van der Waals surface area contributed by atoms with Gasteiger partial charge in [0.1, 0.15) is 5.00 Å². The zero-order valence-electron chi connectivity index (χ0n) is 16.3. The molecule has 0 aliphatic carbocycles. The minimum absolute atomic E-state index is 0.256. The van der Waals surface area contributed by atoms with Crippen LogP contribution >= 0.6 is 11.3 Å². The quantitative estimate of drug-likeness (QED) is 0.676. The summed E-state index contributed by atoms with van der Waals surface area (Å²) in [5.41, 5.74) is 1.69. The summed E-state index contributed by atoms with van der Waals surface area (Å²) in [5.74, 6) is -0.160. The molecule has 0 spiro atoms. The van der Waals surface area contributed by atoms with Crippen molar-refractivity contribution in [2.24, 2.45) is 0 Å². The highest BCUT2D eigenvalue weighted by Gasteiger charge is 2.23. The predicted octanol–water partition coefficient (Wildman–Crippen LogP) is 3.69. The van der Waals surface area contributed by atoms with E-state index in [9.17, 15) is 9.59 Å². The van der Waals surface area contributed by atoms with E-state index in [1.54, 1.807) is 19.1 Å². The minimum Gasteiger partial charge on any atom is -0.493 e. The number of amides is 1. The van der Waals surface area contributed by atoms with Gasteiger partial charge in [-0.3, -0.25) is 4.79 Å². The van der Waals surface area contributed by atoms with Gasteiger partial charge in [0.25, 0.3) is 5.91 Å². The number of nitriles is 1. The summed E-state index contributed by atoms with van der Waals surface area (Å²) >= 11 is 1.33. The lowest BCUT2D eigenvalue weighted by molar-refractivity contribution is -0.118. The van der Waals surface area contributed by atoms with Gasteiger partial charge in [-0.25, -0.2) is 4.79 Å². The Kier molecular flexibility index (Phi) is 7.41. The second-order valence-electron chi connectivity index (χ2n) is 5.73. The van der Waals surface area contributed by atoms with Gasteiger partial charge >= 0.3 is 5.97 Å². The predicted molar refractivity (Wildman–Crippen MR) is 106 cm³/mol. The highest BCUT2D eigenvalue weighted by molar-refractivity contribution is 7.16. The summed E-state index contributed by atoms with van der Waals surface area (Å²) in [6.45, 7) is 5.57. The summed E-state index contributed by atoms with van der Waals surface area (Å²) in [7, 11) is 1.45. The van der Waals surface area contributed by atoms with Crippen molar-refractivity contribution < 1.29 is 23.8 Å². The van der Waals surface area contributed by atoms with E-state index in [0.29, 0.717) is 34.0 Å². The summed E-state index contributed by atoms with van der Waals surface area (Å²) < 4.78 is 15.8. The lowest BCUT2D eigenvalue weighted by Gasteiger charge is -2.11. The molecule has 28 heavy (non-hydrogen) atoms. The van der Waals surface area contributed by atoms with Crippen LogP contribution in [0.25, 0.3) is 0 Å². The smallest absolute Gasteiger partial charge is 0.341 e. The second kappa shape index (κ2) is 9.76. The number of carbonyl (C=O) groups is 2. The molecule has 1 aromatic carbocycles. The van der Waals surface area contributed by atoms with Gasteiger partial charge in [0.2, 0.25) is 0 Å². The van der Waals surface area contributed by atoms with E-state index >= 15 is 0 Å². The second-order valence-corrected chi connectivity index (χ2v) is 6.95. The molecule has 0 unspecified atom stereocenters. The van der Waals surface area contributed by atoms with Crippen LogP contribution in [0.1, 0.15) is 40.2 Å². The number of carbonyl (C=O) groups excluding carboxylic acids is 2. The van der Waals surface area contributed by atoms with Crippen molar-refractivity contribution in [2.45, 2.75) is 27.2 Å². The Bertz CT molecular complexity index is 914. The molecule has 1 heterocycles. The molecule has 2 rings (SSSR count). The zero-order valence-corrected chi connectivity index (χ0v) is 17.1. The third-order valence-corrected chi connectivity index (χ3v) is 5.01. The molecule has 8 heteroatoms. The number of hydrogen-bond acceptors (Lipinski definition) is 7. The topological polar surface area (TPSA) is 97.6 Å². The van der Waals surface area contributed by atoms with E-state index in [4.69, 9.17) is 19.5 Å². The molecule has 0 atom stereocenters. The molecule has 0 saturated carbocycles. The minimum atomic E-state index is -0.450. The lowest BCUT2D eigenvalue weighted by atomic mass is 10.1. The molecule has 2 aromatic rings. The van der Waals surface area contributed by atoms with Gasteiger partial charge < -0.3 is 19.5 Å². The maximum absolute atomic E-state index is 12.4. The lowest BCUT2D eigenvalue weighted by Crippen LogP contribution is -2.21. The van der Waals surface area contributed by atoms with Crippen molar-refractivity contribution in [1.82, 2.24) is 0 Å². The van der Waals surface area contributed by atoms with Crippen LogP contribution in [0.3, 0.4) is 0 Å². The molecular formula is C20H22N2O5S. The molecule has 1 aromatic heterocycles. The number of thiophene rings is 1. The van der Waals surface area contributed by atoms with Crippen molar-refractivity contribution >= 4 is 28.2 Å². The van der Waals surface area contributed by atoms with E-state index < -0.39 is 11.9 Å². The highest BCUT2D eigenvalue weighted by Crippen LogP contribution is 2.34. The maximum atomic E-state index is 12.4. The number of hydrogen-bond donors (Lipinski definition) is 1. The summed E-state index contributed by atoms with van der Waals surface area (Å²) in [6, 6.07) is 6.68. The normalized spacial score (nSPS) is 10.1. The fourth-order valence-electron chi connectivity index (χ4n) is 2.67. The molecular weight excluding hydrogens is 380 g/mol. The number of methoxy groups -OCH3 is 1. The van der Waals surface area contributed by atoms with Crippen LogP contribution in [0.4, 0.5) is 5.00 Å². The van der Waals surface area contributed by atoms with Crippen LogP contribution in [-0.2, 0) is 16.0 Å². The summed E-state index contributed by atoms with van der Waals surface area (Å²) in [4.78, 5) is 25.7. The van der Waals surface area contributed by atoms with Crippen molar-refractivity contribution in [3.8, 4) is 17.6 Å². The van der Waals surface area contributed by atoms with Crippen LogP contribution in [0.2, 0.25) is 0 Å². The molecule has 1 amide bonds. The van der Waals surface area contributed by atoms with Gasteiger partial charge in [0.15, 0.2) is 18.1 Å². The number of nitrogens with zero attached hydrogens (tertiary/aromatic N) is 1. The molecule has 7 nitrogen and oxygen atoms in total. The first-order valence-corrected chi connectivity index (χ1v) is 9.56. The first kappa shape index (κ1) is 21.3. The Morgan fingerprint density at radius 1 is 1.25 bits per heavy atom. The molecule has 148 valence electrons. The number of ether oxygens (including phenoxy) is 3. The van der Waals surface area contributed by atoms with Gasteiger partial charge in [-0.05, 0) is 38.0 Å². The van der Waals surface area contributed by atoms with E-state index in [2.05, 4.69) is 5.32 Å². The Morgan fingerprint density at radius 3 is 2.61 bits per heavy atom. The zero-order chi connectivity index (χ0) is 20.7. The van der Waals surface area contributed by atoms with Crippen LogP contribution in [0.5, 0.6) is 11.5 Å². The molecule has 0 bridgehead atoms. The van der Waals surface area contributed by atoms with Crippen LogP contribution in [0, 0.1) is 18.3 Å². The number of anilines is 1. The van der Waals surface area contributed by atoms with E-state index in [0.717, 1.165) is 10.4 Å². The Labute approximate surface area is 167 Å². The van der Waals surface area contributed by atoms with Gasteiger partial charge in [-0.2, -0.15) is 5.26 Å². The van der Waals surface area contributed by atoms with Crippen molar-refractivity contribution in [3.63, 3.8) is 0 Å². The third-order valence-electron chi connectivity index (χ3n) is 3.95. The average Bonchev–Trinajstić information content (AvgIpc) is 3.01. The van der Waals surface area contributed by atoms with Gasteiger partial charge in [-0.1, -0.05) is 6.92 Å². The number of nitrogens with one attached hydrogen (secondary N) is 1. The monoisotopic (exact) mass is 402 g/mol.